The molecule has 0 amide bonds. The normalized spacial score (nSPS) is 7.67. The van der Waals surface area contributed by atoms with Gasteiger partial charge in [0.05, 0.1) is 0 Å². The van der Waals surface area contributed by atoms with Gasteiger partial charge in [-0.15, -0.1) is 12.1 Å². The Balaban J connectivity index is 0.000000640. The van der Waals surface area contributed by atoms with Crippen molar-refractivity contribution in [2.45, 2.75) is 6.92 Å². The first-order chi connectivity index (χ1) is 3.93. The van der Waals surface area contributed by atoms with Crippen molar-refractivity contribution < 1.29 is 17.4 Å². The summed E-state index contributed by atoms with van der Waals surface area (Å²) in [5.74, 6) is 0. The summed E-state index contributed by atoms with van der Waals surface area (Å²) in [7, 11) is 0. The predicted octanol–water partition coefficient (Wildman–Crippen LogP) is 2.26. The molecule has 1 aromatic carbocycles. The van der Waals surface area contributed by atoms with Crippen molar-refractivity contribution >= 4 is 0 Å². The van der Waals surface area contributed by atoms with Crippen molar-refractivity contribution in [2.75, 3.05) is 0 Å². The maximum Gasteiger partial charge on any atom is 0 e. The van der Waals surface area contributed by atoms with Crippen molar-refractivity contribution in [2.24, 2.45) is 0 Å². The summed E-state index contributed by atoms with van der Waals surface area (Å²) < 4.78 is 0. The van der Waals surface area contributed by atoms with Crippen LogP contribution < -0.4 is 0 Å². The smallest absolute Gasteiger partial charge is 0 e. The first-order valence-corrected chi connectivity index (χ1v) is 2.78. The van der Waals surface area contributed by atoms with Gasteiger partial charge in [-0.25, -0.2) is 0 Å². The minimum atomic E-state index is 0. The quantitative estimate of drug-likeness (QED) is 0.548. The molecule has 48 valence electrons. The average Bonchev–Trinajstić information content (AvgIpc) is 1.90. The van der Waals surface area contributed by atoms with E-state index < -0.39 is 0 Å². The Labute approximate surface area is 67.0 Å². The van der Waals surface area contributed by atoms with Crippen LogP contribution in [0.15, 0.2) is 30.3 Å². The SMILES string of the molecule is C[CH-]c1ccccc1.[Cr]. The topological polar surface area (TPSA) is 0 Å². The minimum absolute atomic E-state index is 0. The number of hydrogen-bond acceptors (Lipinski definition) is 0. The first-order valence-electron chi connectivity index (χ1n) is 2.78. The molecule has 0 atom stereocenters. The van der Waals surface area contributed by atoms with Gasteiger partial charge >= 0.3 is 0 Å². The van der Waals surface area contributed by atoms with E-state index in [-0.39, 0.29) is 17.4 Å². The summed E-state index contributed by atoms with van der Waals surface area (Å²) >= 11 is 0. The van der Waals surface area contributed by atoms with Gasteiger partial charge in [-0.1, -0.05) is 13.0 Å². The van der Waals surface area contributed by atoms with Crippen LogP contribution in [0, 0.1) is 6.42 Å². The molecule has 0 unspecified atom stereocenters. The van der Waals surface area contributed by atoms with E-state index in [1.807, 2.05) is 25.1 Å². The van der Waals surface area contributed by atoms with Crippen LogP contribution in [0.2, 0.25) is 0 Å². The number of hydrogen-bond donors (Lipinski definition) is 0. The summed E-state index contributed by atoms with van der Waals surface area (Å²) in [5.41, 5.74) is 1.28. The summed E-state index contributed by atoms with van der Waals surface area (Å²) in [6.07, 6.45) is 2.08. The van der Waals surface area contributed by atoms with Gasteiger partial charge in [-0.05, 0) is 0 Å². The second kappa shape index (κ2) is 4.50. The Hall–Kier alpha value is -0.378. The summed E-state index contributed by atoms with van der Waals surface area (Å²) in [5, 5.41) is 0. The molecule has 9 heavy (non-hydrogen) atoms. The van der Waals surface area contributed by atoms with Crippen LogP contribution in [0.1, 0.15) is 12.5 Å². The average molecular weight is 157 g/mol. The van der Waals surface area contributed by atoms with Crippen LogP contribution in [0.4, 0.5) is 0 Å². The predicted molar refractivity (Wildman–Crippen MR) is 35.5 cm³/mol. The molecule has 0 spiro atoms. The molecule has 1 aromatic rings. The van der Waals surface area contributed by atoms with Gasteiger partial charge in [-0.2, -0.15) is 24.1 Å². The first kappa shape index (κ1) is 8.62. The van der Waals surface area contributed by atoms with E-state index >= 15 is 0 Å². The molecule has 1 heteroatoms. The molecular formula is C8H9Cr-. The van der Waals surface area contributed by atoms with Crippen molar-refractivity contribution in [3.05, 3.63) is 42.3 Å². The van der Waals surface area contributed by atoms with Crippen LogP contribution in [-0.2, 0) is 17.4 Å². The van der Waals surface area contributed by atoms with Gasteiger partial charge in [0, 0.05) is 17.4 Å². The molecule has 0 aliphatic rings. The molecule has 0 heterocycles. The molecule has 0 fully saturated rings. The molecule has 0 nitrogen and oxygen atoms in total. The third kappa shape index (κ3) is 2.60. The van der Waals surface area contributed by atoms with E-state index in [9.17, 15) is 0 Å². The number of rotatable bonds is 1. The standard InChI is InChI=1S/C8H9.Cr/c1-2-8-6-4-3-5-7-8;/h2-7H,1H3;/q-1;. The third-order valence-corrected chi connectivity index (χ3v) is 1.13. The van der Waals surface area contributed by atoms with E-state index in [0.717, 1.165) is 0 Å². The van der Waals surface area contributed by atoms with E-state index in [2.05, 4.69) is 18.6 Å². The van der Waals surface area contributed by atoms with E-state index in [1.165, 1.54) is 5.56 Å². The van der Waals surface area contributed by atoms with E-state index in [4.69, 9.17) is 0 Å². The van der Waals surface area contributed by atoms with Gasteiger partial charge in [0.15, 0.2) is 0 Å². The van der Waals surface area contributed by atoms with Crippen molar-refractivity contribution in [3.8, 4) is 0 Å². The number of benzene rings is 1. The van der Waals surface area contributed by atoms with Crippen LogP contribution >= 0.6 is 0 Å². The van der Waals surface area contributed by atoms with Gasteiger partial charge in [-0.3, -0.25) is 0 Å². The van der Waals surface area contributed by atoms with Crippen molar-refractivity contribution in [1.29, 1.82) is 0 Å². The van der Waals surface area contributed by atoms with E-state index in [1.54, 1.807) is 0 Å². The second-order valence-electron chi connectivity index (χ2n) is 1.70. The molecule has 0 aliphatic heterocycles. The second-order valence-corrected chi connectivity index (χ2v) is 1.70. The van der Waals surface area contributed by atoms with Gasteiger partial charge in [0.1, 0.15) is 0 Å². The Bertz CT molecular complexity index is 146. The minimum Gasteiger partial charge on any atom is -0.192 e. The van der Waals surface area contributed by atoms with Gasteiger partial charge in [0.25, 0.3) is 0 Å². The van der Waals surface area contributed by atoms with Crippen molar-refractivity contribution in [1.82, 2.24) is 0 Å². The summed E-state index contributed by atoms with van der Waals surface area (Å²) in [4.78, 5) is 0. The van der Waals surface area contributed by atoms with Gasteiger partial charge in [0.2, 0.25) is 0 Å². The third-order valence-electron chi connectivity index (χ3n) is 1.13. The summed E-state index contributed by atoms with van der Waals surface area (Å²) in [6.45, 7) is 2.04. The Morgan fingerprint density at radius 2 is 1.67 bits per heavy atom. The Morgan fingerprint density at radius 1 is 1.11 bits per heavy atom. The fraction of sp³-hybridized carbons (Fsp3) is 0.125. The zero-order chi connectivity index (χ0) is 5.82. The molecule has 1 rings (SSSR count). The zero-order valence-electron chi connectivity index (χ0n) is 5.37. The van der Waals surface area contributed by atoms with Crippen LogP contribution in [-0.4, -0.2) is 0 Å². The van der Waals surface area contributed by atoms with Crippen LogP contribution in [0.3, 0.4) is 0 Å². The van der Waals surface area contributed by atoms with Crippen molar-refractivity contribution in [3.63, 3.8) is 0 Å². The maximum atomic E-state index is 2.08. The van der Waals surface area contributed by atoms with E-state index in [0.29, 0.717) is 0 Å². The van der Waals surface area contributed by atoms with Gasteiger partial charge < -0.3 is 0 Å². The zero-order valence-corrected chi connectivity index (χ0v) is 6.65. The summed E-state index contributed by atoms with van der Waals surface area (Å²) in [6, 6.07) is 10.3. The van der Waals surface area contributed by atoms with Crippen LogP contribution in [0.5, 0.6) is 0 Å². The molecular weight excluding hydrogens is 148 g/mol. The largest absolute Gasteiger partial charge is 0.192 e. The fourth-order valence-corrected chi connectivity index (χ4v) is 0.645. The molecule has 0 aromatic heterocycles. The molecule has 0 aliphatic carbocycles. The molecule has 0 N–H and O–H groups in total. The molecule has 0 bridgehead atoms. The Kier molecular flexibility index (Phi) is 4.31. The maximum absolute atomic E-state index is 2.08. The molecule has 0 saturated carbocycles. The molecule has 0 radical (unpaired) electrons. The molecule has 0 saturated heterocycles. The Morgan fingerprint density at radius 3 is 2.00 bits per heavy atom. The fourth-order valence-electron chi connectivity index (χ4n) is 0.645. The van der Waals surface area contributed by atoms with Crippen LogP contribution in [0.25, 0.3) is 0 Å². The monoisotopic (exact) mass is 157 g/mol.